The van der Waals surface area contributed by atoms with Gasteiger partial charge in [-0.05, 0) is 24.6 Å². The van der Waals surface area contributed by atoms with Crippen molar-refractivity contribution in [1.82, 2.24) is 4.31 Å². The first kappa shape index (κ1) is 16.3. The molecule has 0 aliphatic carbocycles. The molecule has 1 aliphatic rings. The first-order valence-electron chi connectivity index (χ1n) is 6.50. The van der Waals surface area contributed by atoms with Crippen LogP contribution >= 0.6 is 0 Å². The first-order valence-corrected chi connectivity index (χ1v) is 8.11. The van der Waals surface area contributed by atoms with Crippen molar-refractivity contribution in [2.24, 2.45) is 0 Å². The third-order valence-electron chi connectivity index (χ3n) is 3.40. The summed E-state index contributed by atoms with van der Waals surface area (Å²) in [6.07, 6.45) is -4.92. The number of nitrogens with zero attached hydrogens (tertiary/aromatic N) is 1. The van der Waals surface area contributed by atoms with Gasteiger partial charge < -0.3 is 4.74 Å². The number of alkyl halides is 3. The van der Waals surface area contributed by atoms with Gasteiger partial charge in [-0.3, -0.25) is 0 Å². The van der Waals surface area contributed by atoms with Crippen molar-refractivity contribution in [1.29, 1.82) is 0 Å². The van der Waals surface area contributed by atoms with Crippen molar-refractivity contribution in [3.8, 4) is 0 Å². The molecule has 1 atom stereocenters. The van der Waals surface area contributed by atoms with Gasteiger partial charge in [-0.15, -0.1) is 0 Å². The van der Waals surface area contributed by atoms with Crippen LogP contribution in [0.4, 0.5) is 13.2 Å². The minimum atomic E-state index is -4.39. The molecular formula is C13H16F3NO3S. The normalized spacial score (nSPS) is 21.4. The predicted octanol–water partition coefficient (Wildman–Crippen LogP) is 2.43. The summed E-state index contributed by atoms with van der Waals surface area (Å²) >= 11 is 0. The molecule has 0 unspecified atom stereocenters. The molecule has 8 heteroatoms. The molecule has 0 spiro atoms. The Bertz CT molecular complexity index is 584. The number of rotatable bonds is 3. The van der Waals surface area contributed by atoms with E-state index in [4.69, 9.17) is 4.74 Å². The fourth-order valence-electron chi connectivity index (χ4n) is 2.15. The van der Waals surface area contributed by atoms with Gasteiger partial charge in [0, 0.05) is 13.1 Å². The summed E-state index contributed by atoms with van der Waals surface area (Å²) in [6, 6.07) is 4.61. The second-order valence-electron chi connectivity index (χ2n) is 4.74. The lowest BCUT2D eigenvalue weighted by Gasteiger charge is -2.32. The summed E-state index contributed by atoms with van der Waals surface area (Å²) in [5.41, 5.74) is -0.195. The van der Waals surface area contributed by atoms with E-state index in [0.717, 1.165) is 12.1 Å². The number of benzene rings is 1. The Morgan fingerprint density at radius 3 is 2.43 bits per heavy atom. The lowest BCUT2D eigenvalue weighted by atomic mass is 10.1. The molecule has 0 bridgehead atoms. The first-order chi connectivity index (χ1) is 9.74. The molecule has 1 heterocycles. The maximum Gasteiger partial charge on any atom is 0.416 e. The molecule has 21 heavy (non-hydrogen) atoms. The molecule has 1 aromatic carbocycles. The molecule has 1 aliphatic heterocycles. The molecule has 0 aromatic heterocycles. The lowest BCUT2D eigenvalue weighted by molar-refractivity contribution is -0.137. The van der Waals surface area contributed by atoms with E-state index in [-0.39, 0.29) is 25.4 Å². The van der Waals surface area contributed by atoms with Gasteiger partial charge in [0.05, 0.1) is 24.0 Å². The Balaban J connectivity index is 2.15. The number of hydrogen-bond acceptors (Lipinski definition) is 3. The van der Waals surface area contributed by atoms with E-state index in [2.05, 4.69) is 0 Å². The van der Waals surface area contributed by atoms with E-state index in [0.29, 0.717) is 5.56 Å². The average Bonchev–Trinajstić information content (AvgIpc) is 2.46. The monoisotopic (exact) mass is 323 g/mol. The summed E-state index contributed by atoms with van der Waals surface area (Å²) in [7, 11) is -3.32. The van der Waals surface area contributed by atoms with Gasteiger partial charge in [-0.25, -0.2) is 8.42 Å². The molecule has 0 saturated carbocycles. The topological polar surface area (TPSA) is 46.6 Å². The maximum atomic E-state index is 12.5. The van der Waals surface area contributed by atoms with Crippen LogP contribution in [-0.2, 0) is 20.9 Å². The summed E-state index contributed by atoms with van der Waals surface area (Å²) in [4.78, 5) is 0. The highest BCUT2D eigenvalue weighted by Crippen LogP contribution is 2.31. The Hall–Kier alpha value is -1.12. The van der Waals surface area contributed by atoms with Gasteiger partial charge in [-0.1, -0.05) is 12.1 Å². The van der Waals surface area contributed by atoms with Crippen LogP contribution in [-0.4, -0.2) is 38.2 Å². The predicted molar refractivity (Wildman–Crippen MR) is 71.2 cm³/mol. The molecule has 0 N–H and O–H groups in total. The highest BCUT2D eigenvalue weighted by atomic mass is 32.2. The van der Waals surface area contributed by atoms with Crippen molar-refractivity contribution < 1.29 is 26.3 Å². The van der Waals surface area contributed by atoms with Gasteiger partial charge in [0.1, 0.15) is 0 Å². The largest absolute Gasteiger partial charge is 0.416 e. The number of sulfonamides is 1. The highest BCUT2D eigenvalue weighted by Gasteiger charge is 2.32. The molecule has 0 radical (unpaired) electrons. The van der Waals surface area contributed by atoms with Crippen molar-refractivity contribution in [2.75, 3.05) is 25.4 Å². The number of hydrogen-bond donors (Lipinski definition) is 0. The smallest absolute Gasteiger partial charge is 0.371 e. The zero-order valence-electron chi connectivity index (χ0n) is 11.4. The number of morpholine rings is 1. The van der Waals surface area contributed by atoms with E-state index < -0.39 is 27.9 Å². The van der Waals surface area contributed by atoms with Crippen LogP contribution < -0.4 is 0 Å². The Morgan fingerprint density at radius 1 is 1.29 bits per heavy atom. The van der Waals surface area contributed by atoms with Crippen molar-refractivity contribution in [3.05, 3.63) is 35.4 Å². The zero-order chi connectivity index (χ0) is 15.7. The Morgan fingerprint density at radius 2 is 1.90 bits per heavy atom. The highest BCUT2D eigenvalue weighted by molar-refractivity contribution is 7.89. The fraction of sp³-hybridized carbons (Fsp3) is 0.538. The van der Waals surface area contributed by atoms with Crippen LogP contribution in [0.3, 0.4) is 0 Å². The maximum absolute atomic E-state index is 12.5. The van der Waals surface area contributed by atoms with Gasteiger partial charge in [-0.2, -0.15) is 17.5 Å². The summed E-state index contributed by atoms with van der Waals surface area (Å²) in [5, 5.41) is 0. The SMILES string of the molecule is CCS(=O)(=O)N1CCO[C@H](c2ccc(C(F)(F)F)cc2)C1. The van der Waals surface area contributed by atoms with E-state index >= 15 is 0 Å². The second kappa shape index (κ2) is 5.94. The van der Waals surface area contributed by atoms with Crippen molar-refractivity contribution in [2.45, 2.75) is 19.2 Å². The van der Waals surface area contributed by atoms with Crippen LogP contribution in [0.25, 0.3) is 0 Å². The van der Waals surface area contributed by atoms with E-state index in [1.807, 2.05) is 0 Å². The van der Waals surface area contributed by atoms with Crippen LogP contribution in [0.1, 0.15) is 24.2 Å². The molecule has 2 rings (SSSR count). The molecule has 1 saturated heterocycles. The van der Waals surface area contributed by atoms with E-state index in [1.54, 1.807) is 6.92 Å². The number of ether oxygens (including phenoxy) is 1. The van der Waals surface area contributed by atoms with Crippen molar-refractivity contribution >= 4 is 10.0 Å². The minimum Gasteiger partial charge on any atom is -0.371 e. The van der Waals surface area contributed by atoms with Crippen LogP contribution in [0.2, 0.25) is 0 Å². The van der Waals surface area contributed by atoms with E-state index in [9.17, 15) is 21.6 Å². The van der Waals surface area contributed by atoms with Crippen LogP contribution in [0, 0.1) is 0 Å². The second-order valence-corrected chi connectivity index (χ2v) is 7.00. The number of halogens is 3. The Kier molecular flexibility index (Phi) is 4.60. The van der Waals surface area contributed by atoms with Gasteiger partial charge in [0.25, 0.3) is 0 Å². The van der Waals surface area contributed by atoms with Crippen LogP contribution in [0.5, 0.6) is 0 Å². The van der Waals surface area contributed by atoms with Crippen LogP contribution in [0.15, 0.2) is 24.3 Å². The van der Waals surface area contributed by atoms with E-state index in [1.165, 1.54) is 16.4 Å². The molecule has 1 fully saturated rings. The van der Waals surface area contributed by atoms with Gasteiger partial charge >= 0.3 is 6.18 Å². The van der Waals surface area contributed by atoms with Gasteiger partial charge in [0.2, 0.25) is 10.0 Å². The third-order valence-corrected chi connectivity index (χ3v) is 5.25. The zero-order valence-corrected chi connectivity index (χ0v) is 12.2. The molecule has 118 valence electrons. The minimum absolute atomic E-state index is 0.00721. The quantitative estimate of drug-likeness (QED) is 0.858. The van der Waals surface area contributed by atoms with Gasteiger partial charge in [0.15, 0.2) is 0 Å². The Labute approximate surface area is 121 Å². The molecule has 1 aromatic rings. The fourth-order valence-corrected chi connectivity index (χ4v) is 3.23. The summed E-state index contributed by atoms with van der Waals surface area (Å²) in [6.45, 7) is 2.18. The average molecular weight is 323 g/mol. The standard InChI is InChI=1S/C13H16F3NO3S/c1-2-21(18,19)17-7-8-20-12(9-17)10-3-5-11(6-4-10)13(14,15)16/h3-6,12H,2,7-9H2,1H3/t12-/m0/s1. The summed E-state index contributed by atoms with van der Waals surface area (Å²) < 4.78 is 68.0. The molecular weight excluding hydrogens is 307 g/mol. The molecule has 4 nitrogen and oxygen atoms in total. The summed E-state index contributed by atoms with van der Waals surface area (Å²) in [5.74, 6) is -0.00721. The molecule has 0 amide bonds. The third kappa shape index (κ3) is 3.75. The lowest BCUT2D eigenvalue weighted by Crippen LogP contribution is -2.42. The van der Waals surface area contributed by atoms with Crippen molar-refractivity contribution in [3.63, 3.8) is 0 Å².